The molecule has 0 spiro atoms. The molecule has 0 saturated carbocycles. The van der Waals surface area contributed by atoms with Gasteiger partial charge in [-0.1, -0.05) is 41.0 Å². The Morgan fingerprint density at radius 2 is 1.62 bits per heavy atom. The van der Waals surface area contributed by atoms with Crippen LogP contribution in [-0.4, -0.2) is 8.42 Å². The standard InChI is InChI=1S/C15H15N3O2S/c1-10-8-11(2)15(12(3)9-10)21(19,20)14-7-5-4-6-13(14)17-18-16/h4-9H,1-3H3. The monoisotopic (exact) mass is 301 g/mol. The van der Waals surface area contributed by atoms with E-state index in [9.17, 15) is 8.42 Å². The number of aryl methyl sites for hydroxylation is 3. The van der Waals surface area contributed by atoms with E-state index in [1.165, 1.54) is 12.1 Å². The van der Waals surface area contributed by atoms with E-state index < -0.39 is 9.84 Å². The zero-order valence-electron chi connectivity index (χ0n) is 12.0. The van der Waals surface area contributed by atoms with E-state index in [1.54, 1.807) is 26.0 Å². The SMILES string of the molecule is Cc1cc(C)c(S(=O)(=O)c2ccccc2N=[N+]=[N-])c(C)c1. The number of rotatable bonds is 3. The van der Waals surface area contributed by atoms with E-state index in [0.717, 1.165) is 5.56 Å². The molecule has 6 heteroatoms. The molecule has 2 aromatic carbocycles. The van der Waals surface area contributed by atoms with Gasteiger partial charge < -0.3 is 0 Å². The van der Waals surface area contributed by atoms with Crippen molar-refractivity contribution in [1.29, 1.82) is 0 Å². The third-order valence-electron chi connectivity index (χ3n) is 3.18. The van der Waals surface area contributed by atoms with Gasteiger partial charge in [-0.25, -0.2) is 8.42 Å². The molecule has 0 N–H and O–H groups in total. The smallest absolute Gasteiger partial charge is 0.207 e. The Morgan fingerprint density at radius 3 is 2.19 bits per heavy atom. The van der Waals surface area contributed by atoms with Crippen LogP contribution in [0.1, 0.15) is 16.7 Å². The van der Waals surface area contributed by atoms with Crippen LogP contribution in [0.25, 0.3) is 10.4 Å². The summed E-state index contributed by atoms with van der Waals surface area (Å²) in [4.78, 5) is 2.99. The van der Waals surface area contributed by atoms with Crippen molar-refractivity contribution in [3.8, 4) is 0 Å². The number of hydrogen-bond acceptors (Lipinski definition) is 3. The largest absolute Gasteiger partial charge is 0.218 e. The first-order valence-electron chi connectivity index (χ1n) is 6.35. The highest BCUT2D eigenvalue weighted by Gasteiger charge is 2.24. The van der Waals surface area contributed by atoms with Crippen LogP contribution in [-0.2, 0) is 9.84 Å². The van der Waals surface area contributed by atoms with Gasteiger partial charge in [0.25, 0.3) is 0 Å². The summed E-state index contributed by atoms with van der Waals surface area (Å²) in [5, 5.41) is 3.48. The van der Waals surface area contributed by atoms with Crippen LogP contribution in [0.5, 0.6) is 0 Å². The van der Waals surface area contributed by atoms with Crippen molar-refractivity contribution in [2.75, 3.05) is 0 Å². The zero-order chi connectivity index (χ0) is 15.6. The Kier molecular flexibility index (Phi) is 4.02. The fourth-order valence-corrected chi connectivity index (χ4v) is 4.34. The molecule has 0 bridgehead atoms. The van der Waals surface area contributed by atoms with Gasteiger partial charge in [-0.3, -0.25) is 0 Å². The van der Waals surface area contributed by atoms with Crippen LogP contribution in [0.15, 0.2) is 51.3 Å². The maximum Gasteiger partial charge on any atom is 0.207 e. The molecule has 108 valence electrons. The van der Waals surface area contributed by atoms with Gasteiger partial charge in [0.1, 0.15) is 0 Å². The molecule has 0 aliphatic rings. The molecule has 2 rings (SSSR count). The predicted octanol–water partition coefficient (Wildman–Crippen LogP) is 4.39. The molecule has 5 nitrogen and oxygen atoms in total. The van der Waals surface area contributed by atoms with Crippen molar-refractivity contribution < 1.29 is 8.42 Å². The van der Waals surface area contributed by atoms with E-state index in [-0.39, 0.29) is 15.5 Å². The van der Waals surface area contributed by atoms with Crippen LogP contribution < -0.4 is 0 Å². The van der Waals surface area contributed by atoms with Crippen molar-refractivity contribution in [3.05, 3.63) is 63.5 Å². The highest BCUT2D eigenvalue weighted by molar-refractivity contribution is 7.91. The minimum atomic E-state index is -3.73. The van der Waals surface area contributed by atoms with Crippen LogP contribution in [0.2, 0.25) is 0 Å². The highest BCUT2D eigenvalue weighted by Crippen LogP contribution is 2.33. The van der Waals surface area contributed by atoms with Gasteiger partial charge in [0.15, 0.2) is 0 Å². The van der Waals surface area contributed by atoms with E-state index in [1.807, 2.05) is 19.1 Å². The van der Waals surface area contributed by atoms with E-state index in [2.05, 4.69) is 10.0 Å². The lowest BCUT2D eigenvalue weighted by molar-refractivity contribution is 0.595. The zero-order valence-corrected chi connectivity index (χ0v) is 12.8. The van der Waals surface area contributed by atoms with Gasteiger partial charge in [0, 0.05) is 4.91 Å². The van der Waals surface area contributed by atoms with E-state index in [4.69, 9.17) is 5.53 Å². The minimum absolute atomic E-state index is 0.0258. The summed E-state index contributed by atoms with van der Waals surface area (Å²) in [5.41, 5.74) is 11.1. The van der Waals surface area contributed by atoms with Crippen molar-refractivity contribution in [3.63, 3.8) is 0 Å². The summed E-state index contributed by atoms with van der Waals surface area (Å²) in [5.74, 6) is 0. The lowest BCUT2D eigenvalue weighted by Gasteiger charge is -2.13. The topological polar surface area (TPSA) is 82.9 Å². The number of azide groups is 1. The summed E-state index contributed by atoms with van der Waals surface area (Å²) in [6.45, 7) is 5.45. The first-order valence-corrected chi connectivity index (χ1v) is 7.83. The first-order chi connectivity index (χ1) is 9.87. The molecular weight excluding hydrogens is 286 g/mol. The van der Waals surface area contributed by atoms with Gasteiger partial charge in [0.2, 0.25) is 9.84 Å². The van der Waals surface area contributed by atoms with Crippen molar-refractivity contribution in [2.24, 2.45) is 5.11 Å². The van der Waals surface area contributed by atoms with E-state index >= 15 is 0 Å². The average molecular weight is 301 g/mol. The lowest BCUT2D eigenvalue weighted by Crippen LogP contribution is -2.07. The van der Waals surface area contributed by atoms with Gasteiger partial charge in [-0.05, 0) is 43.5 Å². The summed E-state index contributed by atoms with van der Waals surface area (Å²) < 4.78 is 25.8. The quantitative estimate of drug-likeness (QED) is 0.478. The minimum Gasteiger partial charge on any atom is -0.218 e. The van der Waals surface area contributed by atoms with Gasteiger partial charge in [-0.2, -0.15) is 0 Å². The third kappa shape index (κ3) is 2.77. The molecule has 21 heavy (non-hydrogen) atoms. The maximum absolute atomic E-state index is 12.9. The maximum atomic E-state index is 12.9. The molecule has 0 heterocycles. The van der Waals surface area contributed by atoms with Crippen molar-refractivity contribution >= 4 is 15.5 Å². The van der Waals surface area contributed by atoms with E-state index in [0.29, 0.717) is 11.1 Å². The molecule has 0 aliphatic heterocycles. The molecule has 0 radical (unpaired) electrons. The van der Waals surface area contributed by atoms with Crippen LogP contribution in [0, 0.1) is 20.8 Å². The lowest BCUT2D eigenvalue weighted by atomic mass is 10.1. The molecule has 0 atom stereocenters. The number of hydrogen-bond donors (Lipinski definition) is 0. The van der Waals surface area contributed by atoms with Gasteiger partial charge in [-0.15, -0.1) is 0 Å². The fourth-order valence-electron chi connectivity index (χ4n) is 2.52. The van der Waals surface area contributed by atoms with Crippen LogP contribution >= 0.6 is 0 Å². The van der Waals surface area contributed by atoms with Crippen LogP contribution in [0.4, 0.5) is 5.69 Å². The number of nitrogens with zero attached hydrogens (tertiary/aromatic N) is 3. The van der Waals surface area contributed by atoms with Gasteiger partial charge >= 0.3 is 0 Å². The second kappa shape index (κ2) is 5.60. The molecule has 0 fully saturated rings. The first kappa shape index (κ1) is 15.1. The molecule has 0 unspecified atom stereocenters. The predicted molar refractivity (Wildman–Crippen MR) is 81.4 cm³/mol. The average Bonchev–Trinajstić information content (AvgIpc) is 2.37. The molecular formula is C15H15N3O2S. The highest BCUT2D eigenvalue weighted by atomic mass is 32.2. The normalized spacial score (nSPS) is 11.0. The fraction of sp³-hybridized carbons (Fsp3) is 0.200. The molecule has 0 amide bonds. The Morgan fingerprint density at radius 1 is 1.05 bits per heavy atom. The summed E-state index contributed by atoms with van der Waals surface area (Å²) in [7, 11) is -3.73. The molecule has 0 aromatic heterocycles. The Hall–Kier alpha value is -2.30. The van der Waals surface area contributed by atoms with Gasteiger partial charge in [0.05, 0.1) is 15.5 Å². The molecule has 0 saturated heterocycles. The summed E-state index contributed by atoms with van der Waals surface area (Å²) in [6.07, 6.45) is 0. The second-order valence-electron chi connectivity index (χ2n) is 4.89. The molecule has 0 aliphatic carbocycles. The second-order valence-corrected chi connectivity index (χ2v) is 6.74. The Balaban J connectivity index is 2.78. The number of benzene rings is 2. The van der Waals surface area contributed by atoms with Crippen molar-refractivity contribution in [2.45, 2.75) is 30.6 Å². The third-order valence-corrected chi connectivity index (χ3v) is 5.29. The van der Waals surface area contributed by atoms with Crippen molar-refractivity contribution in [1.82, 2.24) is 0 Å². The number of sulfone groups is 1. The summed E-state index contributed by atoms with van der Waals surface area (Å²) in [6, 6.07) is 9.86. The summed E-state index contributed by atoms with van der Waals surface area (Å²) >= 11 is 0. The molecule has 2 aromatic rings. The van der Waals surface area contributed by atoms with Crippen LogP contribution in [0.3, 0.4) is 0 Å². The Bertz CT molecular complexity index is 828. The Labute approximate surface area is 123 Å².